The van der Waals surface area contributed by atoms with E-state index >= 15 is 0 Å². The highest BCUT2D eigenvalue weighted by Gasteiger charge is 2.20. The minimum atomic E-state index is -0.317. The van der Waals surface area contributed by atoms with Gasteiger partial charge in [0.05, 0.1) is 19.8 Å². The molecule has 2 heterocycles. The molecule has 1 aliphatic rings. The van der Waals surface area contributed by atoms with Gasteiger partial charge in [-0.15, -0.1) is 0 Å². The van der Waals surface area contributed by atoms with Crippen LogP contribution >= 0.6 is 0 Å². The molecule has 1 aromatic carbocycles. The summed E-state index contributed by atoms with van der Waals surface area (Å²) in [5.41, 5.74) is 5.10. The van der Waals surface area contributed by atoms with Crippen LogP contribution in [0.1, 0.15) is 16.8 Å². The topological polar surface area (TPSA) is 38.8 Å². The van der Waals surface area contributed by atoms with E-state index in [1.54, 1.807) is 0 Å². The number of nitrogens with zero attached hydrogens (tertiary/aromatic N) is 1. The van der Waals surface area contributed by atoms with Crippen molar-refractivity contribution in [1.29, 1.82) is 0 Å². The average molecular weight is 303 g/mol. The predicted octanol–water partition coefficient (Wildman–Crippen LogP) is 0.843. The lowest BCUT2D eigenvalue weighted by atomic mass is 10.1. The first-order chi connectivity index (χ1) is 10.6. The lowest BCUT2D eigenvalue weighted by Crippen LogP contribution is -3.15. The highest BCUT2D eigenvalue weighted by Crippen LogP contribution is 2.26. The number of hydrogen-bond donors (Lipinski definition) is 2. The number of morpholine rings is 1. The molecule has 0 amide bonds. The maximum atomic E-state index is 10.5. The quantitative estimate of drug-likeness (QED) is 0.879. The summed E-state index contributed by atoms with van der Waals surface area (Å²) in [5.74, 6) is 0. The number of aliphatic hydroxyl groups excluding tert-OH is 1. The fourth-order valence-electron chi connectivity index (χ4n) is 3.47. The second-order valence-electron chi connectivity index (χ2n) is 6.56. The van der Waals surface area contributed by atoms with Crippen LogP contribution in [0.4, 0.5) is 0 Å². The Bertz CT molecular complexity index is 657. The van der Waals surface area contributed by atoms with Crippen LogP contribution in [0.25, 0.3) is 10.9 Å². The summed E-state index contributed by atoms with van der Waals surface area (Å²) in [7, 11) is 0. The van der Waals surface area contributed by atoms with Gasteiger partial charge in [0, 0.05) is 16.6 Å². The molecule has 3 rings (SSSR count). The van der Waals surface area contributed by atoms with Gasteiger partial charge >= 0.3 is 0 Å². The molecule has 2 aromatic rings. The summed E-state index contributed by atoms with van der Waals surface area (Å²) in [6, 6.07) is 6.57. The minimum absolute atomic E-state index is 0.317. The molecule has 120 valence electrons. The summed E-state index contributed by atoms with van der Waals surface area (Å²) in [5, 5.41) is 11.8. The Hall–Kier alpha value is -1.36. The number of aliphatic hydroxyl groups is 1. The van der Waals surface area contributed by atoms with Gasteiger partial charge in [0.1, 0.15) is 25.7 Å². The van der Waals surface area contributed by atoms with E-state index in [0.29, 0.717) is 6.54 Å². The second-order valence-corrected chi connectivity index (χ2v) is 6.56. The molecule has 4 heteroatoms. The molecular formula is C18H27N2O2+. The maximum Gasteiger partial charge on any atom is 0.121 e. The number of benzene rings is 1. The summed E-state index contributed by atoms with van der Waals surface area (Å²) in [4.78, 5) is 1.44. The molecule has 0 spiro atoms. The molecule has 0 aliphatic carbocycles. The molecule has 0 bridgehead atoms. The van der Waals surface area contributed by atoms with Crippen molar-refractivity contribution in [2.45, 2.75) is 33.4 Å². The standard InChI is InChI=1S/C18H26N2O2/c1-13-4-5-18-17(10-13)14(2)15(3)20(18)12-16(21)11-19-6-8-22-9-7-19/h4-5,10,16,21H,6-9,11-12H2,1-3H3/p+1. The monoisotopic (exact) mass is 303 g/mol. The van der Waals surface area contributed by atoms with Crippen LogP contribution in [0.3, 0.4) is 0 Å². The van der Waals surface area contributed by atoms with Gasteiger partial charge in [-0.05, 0) is 38.5 Å². The van der Waals surface area contributed by atoms with Gasteiger partial charge in [-0.2, -0.15) is 0 Å². The highest BCUT2D eigenvalue weighted by molar-refractivity contribution is 5.85. The largest absolute Gasteiger partial charge is 0.385 e. The lowest BCUT2D eigenvalue weighted by Gasteiger charge is -2.26. The van der Waals surface area contributed by atoms with E-state index in [2.05, 4.69) is 43.5 Å². The number of rotatable bonds is 4. The number of aromatic nitrogens is 1. The smallest absolute Gasteiger partial charge is 0.121 e. The van der Waals surface area contributed by atoms with Gasteiger partial charge in [0.15, 0.2) is 0 Å². The van der Waals surface area contributed by atoms with Crippen molar-refractivity contribution < 1.29 is 14.7 Å². The Morgan fingerprint density at radius 3 is 2.68 bits per heavy atom. The van der Waals surface area contributed by atoms with Crippen LogP contribution in [0.5, 0.6) is 0 Å². The molecule has 0 radical (unpaired) electrons. The first-order valence-electron chi connectivity index (χ1n) is 8.21. The molecule has 1 unspecified atom stereocenters. The summed E-state index contributed by atoms with van der Waals surface area (Å²) < 4.78 is 7.66. The Balaban J connectivity index is 1.79. The van der Waals surface area contributed by atoms with E-state index in [9.17, 15) is 5.11 Å². The predicted molar refractivity (Wildman–Crippen MR) is 88.5 cm³/mol. The summed E-state index contributed by atoms with van der Waals surface area (Å²) in [6.45, 7) is 11.5. The normalized spacial score (nSPS) is 18.0. The molecule has 1 aromatic heterocycles. The van der Waals surface area contributed by atoms with Crippen LogP contribution in [0.15, 0.2) is 18.2 Å². The van der Waals surface area contributed by atoms with Gasteiger partial charge < -0.3 is 19.3 Å². The SMILES string of the molecule is Cc1ccc2c(c1)c(C)c(C)n2CC(O)C[NH+]1CCOCC1. The zero-order valence-corrected chi connectivity index (χ0v) is 13.9. The fraction of sp³-hybridized carbons (Fsp3) is 0.556. The first-order valence-corrected chi connectivity index (χ1v) is 8.21. The molecular weight excluding hydrogens is 276 g/mol. The van der Waals surface area contributed by atoms with Crippen molar-refractivity contribution in [3.63, 3.8) is 0 Å². The highest BCUT2D eigenvalue weighted by atomic mass is 16.5. The number of quaternary nitrogens is 1. The molecule has 1 aliphatic heterocycles. The molecule has 2 N–H and O–H groups in total. The zero-order valence-electron chi connectivity index (χ0n) is 13.9. The van der Waals surface area contributed by atoms with Crippen molar-refractivity contribution in [3.8, 4) is 0 Å². The van der Waals surface area contributed by atoms with Gasteiger partial charge in [-0.25, -0.2) is 0 Å². The van der Waals surface area contributed by atoms with Crippen molar-refractivity contribution in [2.24, 2.45) is 0 Å². The molecule has 4 nitrogen and oxygen atoms in total. The van der Waals surface area contributed by atoms with E-state index in [-0.39, 0.29) is 6.10 Å². The molecule has 1 saturated heterocycles. The fourth-order valence-corrected chi connectivity index (χ4v) is 3.47. The van der Waals surface area contributed by atoms with Crippen molar-refractivity contribution >= 4 is 10.9 Å². The van der Waals surface area contributed by atoms with Gasteiger partial charge in [0.2, 0.25) is 0 Å². The van der Waals surface area contributed by atoms with E-state index in [1.807, 2.05) is 0 Å². The number of fused-ring (bicyclic) bond motifs is 1. The number of hydrogen-bond acceptors (Lipinski definition) is 2. The van der Waals surface area contributed by atoms with Crippen LogP contribution in [0, 0.1) is 20.8 Å². The van der Waals surface area contributed by atoms with E-state index in [4.69, 9.17) is 4.74 Å². The third-order valence-electron chi connectivity index (χ3n) is 4.91. The number of nitrogens with one attached hydrogen (secondary N) is 1. The van der Waals surface area contributed by atoms with Crippen molar-refractivity contribution in [3.05, 3.63) is 35.0 Å². The first kappa shape index (κ1) is 15.5. The molecule has 1 atom stereocenters. The Morgan fingerprint density at radius 2 is 1.95 bits per heavy atom. The average Bonchev–Trinajstić information content (AvgIpc) is 2.73. The van der Waals surface area contributed by atoms with E-state index in [0.717, 1.165) is 32.8 Å². The molecule has 22 heavy (non-hydrogen) atoms. The van der Waals surface area contributed by atoms with Crippen molar-refractivity contribution in [1.82, 2.24) is 4.57 Å². The van der Waals surface area contributed by atoms with Gasteiger partial charge in [0.25, 0.3) is 0 Å². The zero-order chi connectivity index (χ0) is 15.7. The maximum absolute atomic E-state index is 10.5. The molecule has 1 fully saturated rings. The second kappa shape index (κ2) is 6.41. The summed E-state index contributed by atoms with van der Waals surface area (Å²) in [6.07, 6.45) is -0.317. The van der Waals surface area contributed by atoms with Crippen molar-refractivity contribution in [2.75, 3.05) is 32.8 Å². The van der Waals surface area contributed by atoms with Crippen LogP contribution in [-0.4, -0.2) is 48.6 Å². The Labute approximate surface area is 132 Å². The number of aryl methyl sites for hydroxylation is 2. The third-order valence-corrected chi connectivity index (χ3v) is 4.91. The lowest BCUT2D eigenvalue weighted by molar-refractivity contribution is -0.911. The Kier molecular flexibility index (Phi) is 4.52. The van der Waals surface area contributed by atoms with Gasteiger partial charge in [-0.3, -0.25) is 0 Å². The van der Waals surface area contributed by atoms with Crippen LogP contribution in [-0.2, 0) is 11.3 Å². The van der Waals surface area contributed by atoms with E-state index in [1.165, 1.54) is 32.6 Å². The number of ether oxygens (including phenoxy) is 1. The van der Waals surface area contributed by atoms with E-state index < -0.39 is 0 Å². The minimum Gasteiger partial charge on any atom is -0.385 e. The third kappa shape index (κ3) is 3.05. The summed E-state index contributed by atoms with van der Waals surface area (Å²) >= 11 is 0. The van der Waals surface area contributed by atoms with Crippen LogP contribution in [0.2, 0.25) is 0 Å². The van der Waals surface area contributed by atoms with Gasteiger partial charge in [-0.1, -0.05) is 11.6 Å². The Morgan fingerprint density at radius 1 is 1.23 bits per heavy atom. The molecule has 0 saturated carbocycles. The van der Waals surface area contributed by atoms with Crippen LogP contribution < -0.4 is 4.90 Å².